The molecule has 1 fully saturated rings. The molecule has 3 nitrogen and oxygen atoms in total. The standard InChI is InChI=1S/C21H36O3/c1-4-15-20(19(22)24-6-3)17-13-11-9-7-8-10-12-14-18-21(20,23)16-5-2/h4-5,23H,1-2,6-18H2,3H3/t20-,21-/m1/s1. The van der Waals surface area contributed by atoms with Crippen molar-refractivity contribution in [3.05, 3.63) is 25.3 Å². The quantitative estimate of drug-likeness (QED) is 0.526. The first-order chi connectivity index (χ1) is 11.6. The van der Waals surface area contributed by atoms with Crippen molar-refractivity contribution in [3.8, 4) is 0 Å². The van der Waals surface area contributed by atoms with Crippen molar-refractivity contribution in [2.24, 2.45) is 5.41 Å². The highest BCUT2D eigenvalue weighted by atomic mass is 16.5. The lowest BCUT2D eigenvalue weighted by atomic mass is 9.63. The number of esters is 1. The lowest BCUT2D eigenvalue weighted by molar-refractivity contribution is -0.178. The third-order valence-corrected chi connectivity index (χ3v) is 5.48. The Kier molecular flexibility index (Phi) is 9.35. The number of allylic oxidation sites excluding steroid dienone is 1. The maximum atomic E-state index is 13.0. The van der Waals surface area contributed by atoms with E-state index in [1.54, 1.807) is 12.2 Å². The summed E-state index contributed by atoms with van der Waals surface area (Å²) in [5.74, 6) is -0.272. The molecular weight excluding hydrogens is 300 g/mol. The van der Waals surface area contributed by atoms with Gasteiger partial charge in [-0.05, 0) is 32.6 Å². The summed E-state index contributed by atoms with van der Waals surface area (Å²) in [6.45, 7) is 9.83. The largest absolute Gasteiger partial charge is 0.465 e. The molecule has 0 spiro atoms. The normalized spacial score (nSPS) is 29.8. The molecule has 2 atom stereocenters. The van der Waals surface area contributed by atoms with Crippen LogP contribution in [0.25, 0.3) is 0 Å². The number of carbonyl (C=O) groups excluding carboxylic acids is 1. The van der Waals surface area contributed by atoms with E-state index >= 15 is 0 Å². The van der Waals surface area contributed by atoms with E-state index in [1.807, 2.05) is 6.92 Å². The van der Waals surface area contributed by atoms with Gasteiger partial charge in [-0.25, -0.2) is 0 Å². The van der Waals surface area contributed by atoms with Gasteiger partial charge in [-0.2, -0.15) is 0 Å². The average Bonchev–Trinajstić information content (AvgIpc) is 2.54. The Hall–Kier alpha value is -1.09. The zero-order chi connectivity index (χ0) is 17.9. The van der Waals surface area contributed by atoms with Crippen LogP contribution >= 0.6 is 0 Å². The van der Waals surface area contributed by atoms with Gasteiger partial charge >= 0.3 is 5.97 Å². The van der Waals surface area contributed by atoms with E-state index in [0.717, 1.165) is 25.7 Å². The van der Waals surface area contributed by atoms with Crippen LogP contribution in [0.3, 0.4) is 0 Å². The molecule has 24 heavy (non-hydrogen) atoms. The Labute approximate surface area is 148 Å². The van der Waals surface area contributed by atoms with Gasteiger partial charge in [0.15, 0.2) is 0 Å². The fourth-order valence-corrected chi connectivity index (χ4v) is 4.10. The molecule has 0 unspecified atom stereocenters. The van der Waals surface area contributed by atoms with Crippen molar-refractivity contribution >= 4 is 5.97 Å². The van der Waals surface area contributed by atoms with Crippen LogP contribution in [0.15, 0.2) is 25.3 Å². The minimum atomic E-state index is -1.10. The Morgan fingerprint density at radius 1 is 0.958 bits per heavy atom. The van der Waals surface area contributed by atoms with Crippen LogP contribution in [0.2, 0.25) is 0 Å². The van der Waals surface area contributed by atoms with Crippen LogP contribution in [-0.4, -0.2) is 23.3 Å². The molecule has 0 amide bonds. The fourth-order valence-electron chi connectivity index (χ4n) is 4.10. The number of aliphatic hydroxyl groups is 1. The molecule has 0 aromatic rings. The summed E-state index contributed by atoms with van der Waals surface area (Å²) in [6, 6.07) is 0. The van der Waals surface area contributed by atoms with E-state index < -0.39 is 11.0 Å². The average molecular weight is 337 g/mol. The van der Waals surface area contributed by atoms with Gasteiger partial charge in [0.25, 0.3) is 0 Å². The van der Waals surface area contributed by atoms with Crippen LogP contribution in [0.1, 0.15) is 84.0 Å². The van der Waals surface area contributed by atoms with E-state index in [0.29, 0.717) is 32.3 Å². The molecule has 0 bridgehead atoms. The van der Waals surface area contributed by atoms with Gasteiger partial charge in [0.2, 0.25) is 0 Å². The number of ether oxygens (including phenoxy) is 1. The molecule has 1 aliphatic carbocycles. The first-order valence-corrected chi connectivity index (χ1v) is 9.67. The Morgan fingerprint density at radius 3 is 1.96 bits per heavy atom. The first-order valence-electron chi connectivity index (χ1n) is 9.67. The highest BCUT2D eigenvalue weighted by molar-refractivity contribution is 5.79. The summed E-state index contributed by atoms with van der Waals surface area (Å²) >= 11 is 0. The third kappa shape index (κ3) is 5.20. The summed E-state index contributed by atoms with van der Waals surface area (Å²) < 4.78 is 5.42. The molecule has 0 heterocycles. The predicted octanol–water partition coefficient (Wildman–Crippen LogP) is 5.33. The minimum Gasteiger partial charge on any atom is -0.465 e. The SMILES string of the molecule is C=CC[C@@]1(O)CCCCCCCCCC[C@]1(CC=C)C(=O)OCC. The second-order valence-corrected chi connectivity index (χ2v) is 7.15. The molecule has 3 heteroatoms. The highest BCUT2D eigenvalue weighted by Crippen LogP contribution is 2.47. The molecule has 0 aliphatic heterocycles. The molecule has 1 rings (SSSR count). The molecule has 138 valence electrons. The lowest BCUT2D eigenvalue weighted by Crippen LogP contribution is -2.54. The van der Waals surface area contributed by atoms with E-state index in [4.69, 9.17) is 4.74 Å². The summed E-state index contributed by atoms with van der Waals surface area (Å²) in [6.07, 6.45) is 14.7. The second-order valence-electron chi connectivity index (χ2n) is 7.15. The maximum Gasteiger partial charge on any atom is 0.315 e. The predicted molar refractivity (Wildman–Crippen MR) is 99.8 cm³/mol. The number of hydrogen-bond donors (Lipinski definition) is 1. The Morgan fingerprint density at radius 2 is 1.46 bits per heavy atom. The van der Waals surface area contributed by atoms with Crippen LogP contribution < -0.4 is 0 Å². The summed E-state index contributed by atoms with van der Waals surface area (Å²) in [7, 11) is 0. The number of hydrogen-bond acceptors (Lipinski definition) is 3. The van der Waals surface area contributed by atoms with Crippen LogP contribution in [0.4, 0.5) is 0 Å². The molecule has 0 saturated heterocycles. The topological polar surface area (TPSA) is 46.5 Å². The van der Waals surface area contributed by atoms with E-state index in [-0.39, 0.29) is 5.97 Å². The van der Waals surface area contributed by atoms with E-state index in [1.165, 1.54) is 25.7 Å². The van der Waals surface area contributed by atoms with Gasteiger partial charge in [0.1, 0.15) is 5.41 Å². The highest BCUT2D eigenvalue weighted by Gasteiger charge is 2.54. The monoisotopic (exact) mass is 336 g/mol. The van der Waals surface area contributed by atoms with Crippen LogP contribution in [0.5, 0.6) is 0 Å². The van der Waals surface area contributed by atoms with Crippen molar-refractivity contribution in [1.82, 2.24) is 0 Å². The molecule has 0 radical (unpaired) electrons. The lowest BCUT2D eigenvalue weighted by Gasteiger charge is -2.45. The van der Waals surface area contributed by atoms with Crippen molar-refractivity contribution in [2.75, 3.05) is 6.61 Å². The smallest absolute Gasteiger partial charge is 0.315 e. The number of rotatable bonds is 6. The van der Waals surface area contributed by atoms with E-state index in [2.05, 4.69) is 13.2 Å². The third-order valence-electron chi connectivity index (χ3n) is 5.48. The molecule has 1 saturated carbocycles. The zero-order valence-electron chi connectivity index (χ0n) is 15.5. The van der Waals surface area contributed by atoms with Crippen molar-refractivity contribution in [3.63, 3.8) is 0 Å². The Bertz CT molecular complexity index is 404. The minimum absolute atomic E-state index is 0.272. The molecular formula is C21H36O3. The molecule has 1 aliphatic rings. The first kappa shape index (κ1) is 21.0. The zero-order valence-corrected chi connectivity index (χ0v) is 15.5. The van der Waals surface area contributed by atoms with Gasteiger partial charge in [0.05, 0.1) is 12.2 Å². The van der Waals surface area contributed by atoms with Crippen molar-refractivity contribution in [2.45, 2.75) is 89.6 Å². The van der Waals surface area contributed by atoms with Gasteiger partial charge in [-0.3, -0.25) is 4.79 Å². The van der Waals surface area contributed by atoms with Gasteiger partial charge < -0.3 is 9.84 Å². The molecule has 1 N–H and O–H groups in total. The Balaban J connectivity index is 3.20. The van der Waals surface area contributed by atoms with E-state index in [9.17, 15) is 9.90 Å². The molecule has 0 aromatic carbocycles. The van der Waals surface area contributed by atoms with Crippen LogP contribution in [0, 0.1) is 5.41 Å². The summed E-state index contributed by atoms with van der Waals surface area (Å²) in [5.41, 5.74) is -2.01. The molecule has 0 aromatic heterocycles. The number of carbonyl (C=O) groups is 1. The van der Waals surface area contributed by atoms with Gasteiger partial charge in [-0.15, -0.1) is 13.2 Å². The van der Waals surface area contributed by atoms with Gasteiger partial charge in [0, 0.05) is 0 Å². The fraction of sp³-hybridized carbons (Fsp3) is 0.762. The summed E-state index contributed by atoms with van der Waals surface area (Å²) in [4.78, 5) is 13.0. The maximum absolute atomic E-state index is 13.0. The van der Waals surface area contributed by atoms with Gasteiger partial charge in [-0.1, -0.05) is 63.5 Å². The summed E-state index contributed by atoms with van der Waals surface area (Å²) in [5, 5.41) is 11.6. The second kappa shape index (κ2) is 10.7. The van der Waals surface area contributed by atoms with Crippen molar-refractivity contribution < 1.29 is 14.6 Å². The van der Waals surface area contributed by atoms with Crippen molar-refractivity contribution in [1.29, 1.82) is 0 Å². The van der Waals surface area contributed by atoms with Crippen LogP contribution in [-0.2, 0) is 9.53 Å².